The summed E-state index contributed by atoms with van der Waals surface area (Å²) in [5.41, 5.74) is 3.11. The molecule has 0 saturated heterocycles. The fourth-order valence-corrected chi connectivity index (χ4v) is 2.78. The highest BCUT2D eigenvalue weighted by molar-refractivity contribution is 5.62. The molecule has 0 amide bonds. The van der Waals surface area contributed by atoms with Crippen molar-refractivity contribution < 1.29 is 9.84 Å². The third kappa shape index (κ3) is 7.40. The van der Waals surface area contributed by atoms with Crippen molar-refractivity contribution in [3.63, 3.8) is 0 Å². The molecule has 1 N–H and O–H groups in total. The number of aromatic nitrogens is 1. The molecule has 0 fully saturated rings. The van der Waals surface area contributed by atoms with Crippen LogP contribution in [0.1, 0.15) is 57.9 Å². The fraction of sp³-hybridized carbons (Fsp3) is 0.435. The van der Waals surface area contributed by atoms with Crippen LogP contribution >= 0.6 is 0 Å². The molecule has 0 aliphatic rings. The summed E-state index contributed by atoms with van der Waals surface area (Å²) < 4.78 is 5.83. The molecule has 2 rings (SSSR count). The summed E-state index contributed by atoms with van der Waals surface area (Å²) in [4.78, 5) is 4.23. The Morgan fingerprint density at radius 3 is 2.58 bits per heavy atom. The van der Waals surface area contributed by atoms with Crippen LogP contribution in [0.4, 0.5) is 0 Å². The van der Waals surface area contributed by atoms with Crippen molar-refractivity contribution in [1.82, 2.24) is 4.98 Å². The molecule has 140 valence electrons. The van der Waals surface area contributed by atoms with Gasteiger partial charge in [-0.2, -0.15) is 0 Å². The van der Waals surface area contributed by atoms with Gasteiger partial charge < -0.3 is 9.84 Å². The Hall–Kier alpha value is -2.13. The van der Waals surface area contributed by atoms with Crippen molar-refractivity contribution in [2.75, 3.05) is 6.61 Å². The number of nitrogens with zero attached hydrogens (tertiary/aromatic N) is 1. The zero-order chi connectivity index (χ0) is 18.6. The second kappa shape index (κ2) is 11.5. The molecule has 0 aliphatic carbocycles. The van der Waals surface area contributed by atoms with Crippen LogP contribution in [0.15, 0.2) is 48.7 Å². The molecule has 0 aliphatic heterocycles. The maximum atomic E-state index is 9.31. The molecule has 1 aromatic carbocycles. The first kappa shape index (κ1) is 20.2. The van der Waals surface area contributed by atoms with E-state index < -0.39 is 0 Å². The lowest BCUT2D eigenvalue weighted by Gasteiger charge is -2.11. The van der Waals surface area contributed by atoms with E-state index in [0.29, 0.717) is 6.10 Å². The summed E-state index contributed by atoms with van der Waals surface area (Å²) in [5, 5.41) is 9.31. The minimum Gasteiger partial charge on any atom is -0.506 e. The van der Waals surface area contributed by atoms with Crippen LogP contribution in [0.2, 0.25) is 0 Å². The lowest BCUT2D eigenvalue weighted by Crippen LogP contribution is -2.08. The van der Waals surface area contributed by atoms with Gasteiger partial charge in [-0.05, 0) is 50.3 Å². The van der Waals surface area contributed by atoms with Gasteiger partial charge in [0, 0.05) is 12.2 Å². The van der Waals surface area contributed by atoms with E-state index in [-0.39, 0.29) is 5.75 Å². The van der Waals surface area contributed by atoms with Crippen LogP contribution < -0.4 is 0 Å². The number of benzene rings is 1. The smallest absolute Gasteiger partial charge is 0.133 e. The highest BCUT2D eigenvalue weighted by atomic mass is 16.5. The van der Waals surface area contributed by atoms with E-state index in [4.69, 9.17) is 4.74 Å². The minimum atomic E-state index is 0.189. The van der Waals surface area contributed by atoms with Crippen molar-refractivity contribution in [2.24, 2.45) is 0 Å². The molecule has 1 atom stereocenters. The Morgan fingerprint density at radius 1 is 1.08 bits per heavy atom. The Morgan fingerprint density at radius 2 is 1.88 bits per heavy atom. The molecule has 2 aromatic rings. The van der Waals surface area contributed by atoms with Gasteiger partial charge >= 0.3 is 0 Å². The number of hydrogen-bond acceptors (Lipinski definition) is 3. The van der Waals surface area contributed by atoms with Crippen molar-refractivity contribution in [2.45, 2.75) is 58.5 Å². The first-order chi connectivity index (χ1) is 12.7. The Labute approximate surface area is 157 Å². The zero-order valence-corrected chi connectivity index (χ0v) is 16.0. The molecule has 1 unspecified atom stereocenters. The molecule has 0 saturated carbocycles. The normalized spacial score (nSPS) is 12.5. The van der Waals surface area contributed by atoms with Gasteiger partial charge in [0.2, 0.25) is 0 Å². The number of allylic oxidation sites excluding steroid dienone is 1. The summed E-state index contributed by atoms with van der Waals surface area (Å²) in [6.07, 6.45) is 13.3. The Kier molecular flexibility index (Phi) is 8.91. The lowest BCUT2D eigenvalue weighted by atomic mass is 10.1. The van der Waals surface area contributed by atoms with Crippen LogP contribution in [-0.4, -0.2) is 22.8 Å². The lowest BCUT2D eigenvalue weighted by molar-refractivity contribution is 0.0566. The Balaban J connectivity index is 1.69. The Bertz CT molecular complexity index is 647. The highest BCUT2D eigenvalue weighted by Crippen LogP contribution is 2.20. The number of rotatable bonds is 11. The van der Waals surface area contributed by atoms with Crippen LogP contribution in [0.3, 0.4) is 0 Å². The van der Waals surface area contributed by atoms with E-state index in [1.54, 1.807) is 6.07 Å². The highest BCUT2D eigenvalue weighted by Gasteiger charge is 2.01. The molecule has 0 radical (unpaired) electrons. The van der Waals surface area contributed by atoms with E-state index in [9.17, 15) is 5.11 Å². The van der Waals surface area contributed by atoms with Crippen LogP contribution in [-0.2, 0) is 4.74 Å². The standard InChI is InChI=1S/C23H31NO2/c1-3-4-8-17-26-19(2)9-6-5-7-10-20-11-13-21(14-12-20)23-16-15-22(25)18-24-23/h7,10-16,18-19,25H,3-6,8-9,17H2,1-2H3/b10-7+. The predicted octanol–water partition coefficient (Wildman–Crippen LogP) is 6.23. The number of unbranched alkanes of at least 4 members (excludes halogenated alkanes) is 3. The number of ether oxygens (including phenoxy) is 1. The molecule has 3 heteroatoms. The van der Waals surface area contributed by atoms with E-state index in [1.165, 1.54) is 31.0 Å². The van der Waals surface area contributed by atoms with Gasteiger partial charge in [-0.15, -0.1) is 0 Å². The molecule has 0 spiro atoms. The van der Waals surface area contributed by atoms with Crippen molar-refractivity contribution in [3.05, 3.63) is 54.2 Å². The average molecular weight is 354 g/mol. The maximum Gasteiger partial charge on any atom is 0.133 e. The van der Waals surface area contributed by atoms with E-state index in [0.717, 1.165) is 37.1 Å². The van der Waals surface area contributed by atoms with E-state index in [1.807, 2.05) is 6.07 Å². The third-order valence-electron chi connectivity index (χ3n) is 4.40. The predicted molar refractivity (Wildman–Crippen MR) is 109 cm³/mol. The van der Waals surface area contributed by atoms with Gasteiger partial charge in [0.15, 0.2) is 0 Å². The summed E-state index contributed by atoms with van der Waals surface area (Å²) in [6, 6.07) is 11.8. The largest absolute Gasteiger partial charge is 0.506 e. The molecule has 1 aromatic heterocycles. The van der Waals surface area contributed by atoms with Gasteiger partial charge in [0.1, 0.15) is 5.75 Å². The molecular formula is C23H31NO2. The van der Waals surface area contributed by atoms with Gasteiger partial charge in [-0.1, -0.05) is 56.2 Å². The summed E-state index contributed by atoms with van der Waals surface area (Å²) in [7, 11) is 0. The molecule has 3 nitrogen and oxygen atoms in total. The van der Waals surface area contributed by atoms with Crippen LogP contribution in [0.25, 0.3) is 17.3 Å². The number of hydrogen-bond donors (Lipinski definition) is 1. The van der Waals surface area contributed by atoms with Gasteiger partial charge in [0.05, 0.1) is 18.0 Å². The first-order valence-corrected chi connectivity index (χ1v) is 9.72. The monoisotopic (exact) mass is 353 g/mol. The summed E-state index contributed by atoms with van der Waals surface area (Å²) >= 11 is 0. The van der Waals surface area contributed by atoms with Gasteiger partial charge in [0.25, 0.3) is 0 Å². The maximum absolute atomic E-state index is 9.31. The van der Waals surface area contributed by atoms with Crippen LogP contribution in [0, 0.1) is 0 Å². The van der Waals surface area contributed by atoms with E-state index in [2.05, 4.69) is 55.2 Å². The van der Waals surface area contributed by atoms with Crippen molar-refractivity contribution in [1.29, 1.82) is 0 Å². The molecule has 1 heterocycles. The fourth-order valence-electron chi connectivity index (χ4n) is 2.78. The van der Waals surface area contributed by atoms with Crippen LogP contribution in [0.5, 0.6) is 5.75 Å². The molecule has 0 bridgehead atoms. The first-order valence-electron chi connectivity index (χ1n) is 9.72. The topological polar surface area (TPSA) is 42.4 Å². The quantitative estimate of drug-likeness (QED) is 0.487. The summed E-state index contributed by atoms with van der Waals surface area (Å²) in [5.74, 6) is 0.189. The van der Waals surface area contributed by atoms with Gasteiger partial charge in [-0.25, -0.2) is 0 Å². The number of pyridine rings is 1. The molecule has 26 heavy (non-hydrogen) atoms. The van der Waals surface area contributed by atoms with Gasteiger partial charge in [-0.3, -0.25) is 4.98 Å². The molecular weight excluding hydrogens is 322 g/mol. The SMILES string of the molecule is CCCCCOC(C)CCC/C=C/c1ccc(-c2ccc(O)cn2)cc1. The van der Waals surface area contributed by atoms with E-state index >= 15 is 0 Å². The van der Waals surface area contributed by atoms with Crippen molar-refractivity contribution in [3.8, 4) is 17.0 Å². The second-order valence-corrected chi connectivity index (χ2v) is 6.75. The van der Waals surface area contributed by atoms with Crippen molar-refractivity contribution >= 4 is 6.08 Å². The second-order valence-electron chi connectivity index (χ2n) is 6.75. The summed E-state index contributed by atoms with van der Waals surface area (Å²) in [6.45, 7) is 5.28. The zero-order valence-electron chi connectivity index (χ0n) is 16.0. The minimum absolute atomic E-state index is 0.189. The number of aromatic hydroxyl groups is 1. The average Bonchev–Trinajstić information content (AvgIpc) is 2.66. The third-order valence-corrected chi connectivity index (χ3v) is 4.40.